The number of fused-ring (bicyclic) bond motifs is 1. The van der Waals surface area contributed by atoms with Crippen LogP contribution in [0.3, 0.4) is 0 Å². The maximum absolute atomic E-state index is 12.2. The highest BCUT2D eigenvalue weighted by Gasteiger charge is 2.15. The number of aromatic amines is 1. The molecule has 4 rings (SSSR count). The van der Waals surface area contributed by atoms with Gasteiger partial charge in [0.15, 0.2) is 5.82 Å². The minimum atomic E-state index is -0.830. The standard InChI is InChI=1S/C16H14N8O3/c17-14(25)16-20-13(23-27-16)6-18-15(26)11-5-9(21-22-11)7-24-8-19-10-3-1-2-4-12(10)24/h1-5,8H,6-7H2,(H2,17,25)(H,18,26)(H,21,22). The van der Waals surface area contributed by atoms with Crippen molar-refractivity contribution in [3.05, 3.63) is 59.8 Å². The number of hydrogen-bond acceptors (Lipinski definition) is 7. The van der Waals surface area contributed by atoms with Gasteiger partial charge in [-0.05, 0) is 18.2 Å². The molecule has 4 aromatic rings. The Hall–Kier alpha value is -4.02. The summed E-state index contributed by atoms with van der Waals surface area (Å²) in [6, 6.07) is 9.41. The number of carbonyl (C=O) groups is 2. The summed E-state index contributed by atoms with van der Waals surface area (Å²) >= 11 is 0. The number of carbonyl (C=O) groups excluding carboxylic acids is 2. The summed E-state index contributed by atoms with van der Waals surface area (Å²) in [6.07, 6.45) is 1.73. The van der Waals surface area contributed by atoms with Crippen molar-refractivity contribution in [1.82, 2.24) is 35.2 Å². The third kappa shape index (κ3) is 3.38. The molecule has 4 N–H and O–H groups in total. The fourth-order valence-electron chi connectivity index (χ4n) is 2.55. The van der Waals surface area contributed by atoms with Crippen LogP contribution in [0.15, 0.2) is 41.2 Å². The molecular formula is C16H14N8O3. The average molecular weight is 366 g/mol. The lowest BCUT2D eigenvalue weighted by molar-refractivity contribution is 0.0940. The zero-order valence-corrected chi connectivity index (χ0v) is 13.9. The van der Waals surface area contributed by atoms with Crippen LogP contribution in [0.5, 0.6) is 0 Å². The number of aromatic nitrogens is 6. The van der Waals surface area contributed by atoms with Crippen LogP contribution < -0.4 is 11.1 Å². The SMILES string of the molecule is NC(=O)c1nc(CNC(=O)c2cc(Cn3cnc4ccccc43)[nH]n2)no1. The Kier molecular flexibility index (Phi) is 4.09. The first kappa shape index (κ1) is 16.4. The van der Waals surface area contributed by atoms with Crippen LogP contribution in [0.1, 0.15) is 32.7 Å². The van der Waals surface area contributed by atoms with E-state index >= 15 is 0 Å². The first-order valence-electron chi connectivity index (χ1n) is 7.95. The molecule has 0 atom stereocenters. The lowest BCUT2D eigenvalue weighted by Crippen LogP contribution is -2.24. The van der Waals surface area contributed by atoms with Gasteiger partial charge in [-0.3, -0.25) is 14.7 Å². The van der Waals surface area contributed by atoms with Crippen molar-refractivity contribution in [3.63, 3.8) is 0 Å². The molecule has 136 valence electrons. The van der Waals surface area contributed by atoms with E-state index in [4.69, 9.17) is 5.73 Å². The van der Waals surface area contributed by atoms with Gasteiger partial charge < -0.3 is 20.1 Å². The summed E-state index contributed by atoms with van der Waals surface area (Å²) in [5.41, 5.74) is 7.87. The third-order valence-electron chi connectivity index (χ3n) is 3.82. The van der Waals surface area contributed by atoms with E-state index in [0.717, 1.165) is 16.7 Å². The minimum Gasteiger partial charge on any atom is -0.361 e. The van der Waals surface area contributed by atoms with Crippen molar-refractivity contribution in [2.75, 3.05) is 0 Å². The van der Waals surface area contributed by atoms with E-state index in [-0.39, 0.29) is 24.0 Å². The number of amides is 2. The number of imidazole rings is 1. The number of para-hydroxylation sites is 2. The Labute approximate surface area is 151 Å². The van der Waals surface area contributed by atoms with E-state index < -0.39 is 11.8 Å². The number of benzene rings is 1. The second kappa shape index (κ2) is 6.71. The predicted octanol–water partition coefficient (Wildman–Crippen LogP) is 0.220. The minimum absolute atomic E-state index is 0.0238. The smallest absolute Gasteiger partial charge is 0.315 e. The summed E-state index contributed by atoms with van der Waals surface area (Å²) in [5.74, 6) is -1.42. The predicted molar refractivity (Wildman–Crippen MR) is 91.4 cm³/mol. The molecule has 0 spiro atoms. The number of primary amides is 1. The van der Waals surface area contributed by atoms with Crippen molar-refractivity contribution >= 4 is 22.8 Å². The van der Waals surface area contributed by atoms with Crippen LogP contribution in [-0.4, -0.2) is 41.7 Å². The Morgan fingerprint density at radius 3 is 2.96 bits per heavy atom. The van der Waals surface area contributed by atoms with Gasteiger partial charge in [-0.15, -0.1) is 0 Å². The molecule has 11 heteroatoms. The molecule has 3 aromatic heterocycles. The topological polar surface area (TPSA) is 158 Å². The molecule has 0 saturated carbocycles. The van der Waals surface area contributed by atoms with Crippen molar-refractivity contribution in [2.24, 2.45) is 5.73 Å². The fraction of sp³-hybridized carbons (Fsp3) is 0.125. The van der Waals surface area contributed by atoms with Gasteiger partial charge in [-0.25, -0.2) is 4.98 Å². The summed E-state index contributed by atoms with van der Waals surface area (Å²) < 4.78 is 6.60. The summed E-state index contributed by atoms with van der Waals surface area (Å²) in [5, 5.41) is 13.0. The molecule has 1 aromatic carbocycles. The lowest BCUT2D eigenvalue weighted by Gasteiger charge is -2.01. The van der Waals surface area contributed by atoms with E-state index in [1.165, 1.54) is 0 Å². The molecule has 2 amide bonds. The van der Waals surface area contributed by atoms with Crippen LogP contribution >= 0.6 is 0 Å². The molecule has 11 nitrogen and oxygen atoms in total. The van der Waals surface area contributed by atoms with Crippen molar-refractivity contribution in [2.45, 2.75) is 13.1 Å². The van der Waals surface area contributed by atoms with Gasteiger partial charge >= 0.3 is 11.8 Å². The molecule has 0 unspecified atom stereocenters. The quantitative estimate of drug-likeness (QED) is 0.440. The third-order valence-corrected chi connectivity index (χ3v) is 3.82. The van der Waals surface area contributed by atoms with Crippen molar-refractivity contribution in [1.29, 1.82) is 0 Å². The van der Waals surface area contributed by atoms with Gasteiger partial charge in [-0.1, -0.05) is 17.3 Å². The van der Waals surface area contributed by atoms with Crippen molar-refractivity contribution in [3.8, 4) is 0 Å². The number of rotatable bonds is 6. The van der Waals surface area contributed by atoms with E-state index in [1.807, 2.05) is 28.8 Å². The Morgan fingerprint density at radius 1 is 1.30 bits per heavy atom. The maximum Gasteiger partial charge on any atom is 0.315 e. The molecule has 0 fully saturated rings. The van der Waals surface area contributed by atoms with Crippen molar-refractivity contribution < 1.29 is 14.1 Å². The van der Waals surface area contributed by atoms with Gasteiger partial charge in [0, 0.05) is 0 Å². The van der Waals surface area contributed by atoms with E-state index in [9.17, 15) is 9.59 Å². The van der Waals surface area contributed by atoms with Gasteiger partial charge in [0.1, 0.15) is 5.69 Å². The van der Waals surface area contributed by atoms with Gasteiger partial charge in [0.05, 0.1) is 36.1 Å². The van der Waals surface area contributed by atoms with Gasteiger partial charge in [0.2, 0.25) is 0 Å². The van der Waals surface area contributed by atoms with Crippen LogP contribution in [0.25, 0.3) is 11.0 Å². The first-order chi connectivity index (χ1) is 13.1. The highest BCUT2D eigenvalue weighted by molar-refractivity contribution is 5.92. The van der Waals surface area contributed by atoms with Crippen LogP contribution in [0, 0.1) is 0 Å². The van der Waals surface area contributed by atoms with E-state index in [2.05, 4.69) is 35.2 Å². The molecule has 0 saturated heterocycles. The van der Waals surface area contributed by atoms with E-state index in [1.54, 1.807) is 12.4 Å². The summed E-state index contributed by atoms with van der Waals surface area (Å²) in [4.78, 5) is 31.2. The molecular weight excluding hydrogens is 352 g/mol. The van der Waals surface area contributed by atoms with Gasteiger partial charge in [-0.2, -0.15) is 10.1 Å². The highest BCUT2D eigenvalue weighted by Crippen LogP contribution is 2.13. The molecule has 0 bridgehead atoms. The normalized spacial score (nSPS) is 11.0. The Bertz CT molecular complexity index is 1130. The molecule has 0 aliphatic heterocycles. The second-order valence-electron chi connectivity index (χ2n) is 5.70. The van der Waals surface area contributed by atoms with Crippen LogP contribution in [-0.2, 0) is 13.1 Å². The zero-order chi connectivity index (χ0) is 18.8. The summed E-state index contributed by atoms with van der Waals surface area (Å²) in [7, 11) is 0. The highest BCUT2D eigenvalue weighted by atomic mass is 16.5. The number of nitrogens with zero attached hydrogens (tertiary/aromatic N) is 5. The summed E-state index contributed by atoms with van der Waals surface area (Å²) in [6.45, 7) is 0.470. The molecule has 0 aliphatic carbocycles. The maximum atomic E-state index is 12.2. The molecule has 27 heavy (non-hydrogen) atoms. The fourth-order valence-corrected chi connectivity index (χ4v) is 2.55. The Balaban J connectivity index is 1.41. The number of nitrogens with one attached hydrogen (secondary N) is 2. The lowest BCUT2D eigenvalue weighted by atomic mass is 10.3. The first-order valence-corrected chi connectivity index (χ1v) is 7.95. The number of hydrogen-bond donors (Lipinski definition) is 3. The van der Waals surface area contributed by atoms with E-state index in [0.29, 0.717) is 6.54 Å². The molecule has 0 aliphatic rings. The van der Waals surface area contributed by atoms with Crippen LogP contribution in [0.4, 0.5) is 0 Å². The van der Waals surface area contributed by atoms with Gasteiger partial charge in [0.25, 0.3) is 5.91 Å². The average Bonchev–Trinajstić information content (AvgIpc) is 3.40. The largest absolute Gasteiger partial charge is 0.361 e. The second-order valence-corrected chi connectivity index (χ2v) is 5.70. The number of nitrogens with two attached hydrogens (primary N) is 1. The van der Waals surface area contributed by atoms with Crippen LogP contribution in [0.2, 0.25) is 0 Å². The zero-order valence-electron chi connectivity index (χ0n) is 13.9. The molecule has 3 heterocycles. The number of H-pyrrole nitrogens is 1. The molecule has 0 radical (unpaired) electrons. The monoisotopic (exact) mass is 366 g/mol. The Morgan fingerprint density at radius 2 is 2.15 bits per heavy atom.